The van der Waals surface area contributed by atoms with Crippen molar-refractivity contribution in [1.82, 2.24) is 20.4 Å². The van der Waals surface area contributed by atoms with Crippen LogP contribution in [0.15, 0.2) is 59.6 Å². The zero-order valence-corrected chi connectivity index (χ0v) is 20.3. The van der Waals surface area contributed by atoms with Gasteiger partial charge in [-0.15, -0.1) is 0 Å². The van der Waals surface area contributed by atoms with Gasteiger partial charge in [-0.05, 0) is 63.9 Å². The highest BCUT2D eigenvalue weighted by Crippen LogP contribution is 2.30. The van der Waals surface area contributed by atoms with Gasteiger partial charge >= 0.3 is 0 Å². The Bertz CT molecular complexity index is 1260. The predicted octanol–water partition coefficient (Wildman–Crippen LogP) is 3.95. The van der Waals surface area contributed by atoms with E-state index in [1.54, 1.807) is 0 Å². The third-order valence-corrected chi connectivity index (χ3v) is 6.45. The number of fused-ring (bicyclic) bond motifs is 1. The number of rotatable bonds is 5. The Morgan fingerprint density at radius 3 is 2.62 bits per heavy atom. The third kappa shape index (κ3) is 4.36. The smallest absolute Gasteiger partial charge is 0.210 e. The molecule has 2 aromatic carbocycles. The van der Waals surface area contributed by atoms with Gasteiger partial charge in [0, 0.05) is 47.4 Å². The molecule has 0 spiro atoms. The van der Waals surface area contributed by atoms with Crippen LogP contribution in [0.4, 0.5) is 5.69 Å². The minimum atomic E-state index is -1.08. The number of aromatic nitrogens is 2. The number of hydrogen-bond donors (Lipinski definition) is 4. The van der Waals surface area contributed by atoms with Crippen molar-refractivity contribution >= 4 is 17.5 Å². The maximum atomic E-state index is 6.85. The van der Waals surface area contributed by atoms with Gasteiger partial charge in [-0.2, -0.15) is 5.10 Å². The Labute approximate surface area is 201 Å². The van der Waals surface area contributed by atoms with Gasteiger partial charge in [0.05, 0.1) is 6.20 Å². The zero-order chi connectivity index (χ0) is 23.9. The SMILES string of the molecule is Cc1cc(C)cc(C2(N)N=CC(c3cnn(C(C)C)c3)=C(Nc3ccc4c(c3)CNCC4)N2)c1. The molecular weight excluding hydrogens is 422 g/mol. The topological polar surface area (TPSA) is 92.3 Å². The lowest BCUT2D eigenvalue weighted by atomic mass is 9.99. The number of nitrogens with two attached hydrogens (primary N) is 1. The highest BCUT2D eigenvalue weighted by Gasteiger charge is 2.32. The fourth-order valence-corrected chi connectivity index (χ4v) is 4.64. The summed E-state index contributed by atoms with van der Waals surface area (Å²) in [6.45, 7) is 10.3. The zero-order valence-electron chi connectivity index (χ0n) is 20.3. The lowest BCUT2D eigenvalue weighted by molar-refractivity contribution is 0.400. The molecule has 0 saturated carbocycles. The molecule has 3 aromatic rings. The average Bonchev–Trinajstić information content (AvgIpc) is 3.29. The van der Waals surface area contributed by atoms with Gasteiger partial charge < -0.3 is 16.0 Å². The number of hydrogen-bond acceptors (Lipinski definition) is 6. The van der Waals surface area contributed by atoms with E-state index in [9.17, 15) is 0 Å². The van der Waals surface area contributed by atoms with Crippen molar-refractivity contribution in [3.63, 3.8) is 0 Å². The standard InChI is InChI=1S/C27H33N7/c1-17(2)34-16-22(14-31-34)25-15-30-27(28,23-10-18(3)9-19(4)11-23)33-26(25)32-24-6-5-20-7-8-29-13-21(20)12-24/h5-6,9-12,14-17,29,32-33H,7-8,13,28H2,1-4H3. The van der Waals surface area contributed by atoms with Crippen LogP contribution in [0.1, 0.15) is 53.3 Å². The average molecular weight is 456 g/mol. The molecule has 7 heteroatoms. The molecule has 0 saturated heterocycles. The summed E-state index contributed by atoms with van der Waals surface area (Å²) in [5.74, 6) is -0.268. The number of anilines is 1. The van der Waals surface area contributed by atoms with E-state index in [0.29, 0.717) is 0 Å². The van der Waals surface area contributed by atoms with E-state index >= 15 is 0 Å². The molecule has 0 amide bonds. The van der Waals surface area contributed by atoms with Crippen molar-refractivity contribution in [2.24, 2.45) is 10.7 Å². The molecule has 5 N–H and O–H groups in total. The second-order valence-electron chi connectivity index (χ2n) is 9.65. The lowest BCUT2D eigenvalue weighted by Gasteiger charge is -2.34. The van der Waals surface area contributed by atoms with Gasteiger partial charge in [0.15, 0.2) is 0 Å². The number of allylic oxidation sites excluding steroid dienone is 1. The van der Waals surface area contributed by atoms with Crippen LogP contribution >= 0.6 is 0 Å². The first-order valence-electron chi connectivity index (χ1n) is 11.9. The first-order valence-corrected chi connectivity index (χ1v) is 11.9. The normalized spacial score (nSPS) is 19.8. The van der Waals surface area contributed by atoms with Crippen LogP contribution in [0.2, 0.25) is 0 Å². The van der Waals surface area contributed by atoms with E-state index in [-0.39, 0.29) is 6.04 Å². The Morgan fingerprint density at radius 2 is 1.88 bits per heavy atom. The van der Waals surface area contributed by atoms with E-state index in [0.717, 1.165) is 58.8 Å². The maximum absolute atomic E-state index is 6.85. The number of aryl methyl sites for hydroxylation is 2. The fourth-order valence-electron chi connectivity index (χ4n) is 4.64. The van der Waals surface area contributed by atoms with Crippen LogP contribution in [0.3, 0.4) is 0 Å². The minimum absolute atomic E-state index is 0.274. The van der Waals surface area contributed by atoms with Gasteiger partial charge in [0.1, 0.15) is 5.82 Å². The molecule has 5 rings (SSSR count). The highest BCUT2D eigenvalue weighted by atomic mass is 15.3. The summed E-state index contributed by atoms with van der Waals surface area (Å²) in [5.41, 5.74) is 15.7. The van der Waals surface area contributed by atoms with Crippen LogP contribution in [0.25, 0.3) is 5.57 Å². The van der Waals surface area contributed by atoms with Crippen LogP contribution in [0.5, 0.6) is 0 Å². The summed E-state index contributed by atoms with van der Waals surface area (Å²) in [6, 6.07) is 13.1. The van der Waals surface area contributed by atoms with E-state index in [2.05, 4.69) is 85.1 Å². The van der Waals surface area contributed by atoms with Gasteiger partial charge in [-0.25, -0.2) is 4.99 Å². The van der Waals surface area contributed by atoms with Crippen LogP contribution in [-0.4, -0.2) is 22.5 Å². The van der Waals surface area contributed by atoms with Crippen molar-refractivity contribution < 1.29 is 0 Å². The van der Waals surface area contributed by atoms with Crippen molar-refractivity contribution in [1.29, 1.82) is 0 Å². The second kappa shape index (κ2) is 8.74. The van der Waals surface area contributed by atoms with Gasteiger partial charge in [0.25, 0.3) is 0 Å². The third-order valence-electron chi connectivity index (χ3n) is 6.45. The van der Waals surface area contributed by atoms with E-state index in [1.807, 2.05) is 23.3 Å². The Balaban J connectivity index is 1.55. The Morgan fingerprint density at radius 1 is 1.09 bits per heavy atom. The van der Waals surface area contributed by atoms with Crippen molar-refractivity contribution in [3.8, 4) is 0 Å². The molecule has 2 aliphatic heterocycles. The molecule has 1 unspecified atom stereocenters. The molecule has 176 valence electrons. The molecule has 0 bridgehead atoms. The van der Waals surface area contributed by atoms with Crippen LogP contribution < -0.4 is 21.7 Å². The number of nitrogens with one attached hydrogen (secondary N) is 3. The largest absolute Gasteiger partial charge is 0.341 e. The summed E-state index contributed by atoms with van der Waals surface area (Å²) < 4.78 is 1.95. The molecule has 34 heavy (non-hydrogen) atoms. The molecule has 3 heterocycles. The summed E-state index contributed by atoms with van der Waals surface area (Å²) >= 11 is 0. The molecule has 0 fully saturated rings. The quantitative estimate of drug-likeness (QED) is 0.468. The number of benzene rings is 2. The van der Waals surface area contributed by atoms with Crippen LogP contribution in [0, 0.1) is 13.8 Å². The maximum Gasteiger partial charge on any atom is 0.210 e. The molecule has 0 aliphatic carbocycles. The minimum Gasteiger partial charge on any atom is -0.341 e. The van der Waals surface area contributed by atoms with Crippen molar-refractivity contribution in [3.05, 3.63) is 88.0 Å². The Hall–Kier alpha value is -3.42. The molecule has 7 nitrogen and oxygen atoms in total. The lowest BCUT2D eigenvalue weighted by Crippen LogP contribution is -2.51. The first kappa shape index (κ1) is 22.4. The fraction of sp³-hybridized carbons (Fsp3) is 0.333. The number of aliphatic imine (C=N–C) groups is 1. The van der Waals surface area contributed by atoms with E-state index in [4.69, 9.17) is 10.7 Å². The summed E-state index contributed by atoms with van der Waals surface area (Å²) in [6.07, 6.45) is 6.84. The molecule has 1 atom stereocenters. The summed E-state index contributed by atoms with van der Waals surface area (Å²) in [7, 11) is 0. The predicted molar refractivity (Wildman–Crippen MR) is 138 cm³/mol. The highest BCUT2D eigenvalue weighted by molar-refractivity contribution is 6.12. The molecular formula is C27H33N7. The second-order valence-corrected chi connectivity index (χ2v) is 9.65. The first-order chi connectivity index (χ1) is 16.3. The van der Waals surface area contributed by atoms with Gasteiger partial charge in [-0.1, -0.05) is 35.4 Å². The summed E-state index contributed by atoms with van der Waals surface area (Å²) in [5, 5.41) is 15.1. The molecule has 2 aliphatic rings. The van der Waals surface area contributed by atoms with Gasteiger partial charge in [0.2, 0.25) is 5.79 Å². The number of nitrogens with zero attached hydrogens (tertiary/aromatic N) is 3. The molecule has 1 aromatic heterocycles. The van der Waals surface area contributed by atoms with Crippen LogP contribution in [-0.2, 0) is 18.8 Å². The van der Waals surface area contributed by atoms with Gasteiger partial charge in [-0.3, -0.25) is 10.4 Å². The van der Waals surface area contributed by atoms with E-state index < -0.39 is 5.79 Å². The Kier molecular flexibility index (Phi) is 5.75. The molecule has 0 radical (unpaired) electrons. The van der Waals surface area contributed by atoms with Crippen molar-refractivity contribution in [2.45, 2.75) is 52.5 Å². The van der Waals surface area contributed by atoms with E-state index in [1.165, 1.54) is 11.1 Å². The monoisotopic (exact) mass is 455 g/mol. The summed E-state index contributed by atoms with van der Waals surface area (Å²) in [4.78, 5) is 4.78. The van der Waals surface area contributed by atoms with Crippen molar-refractivity contribution in [2.75, 3.05) is 11.9 Å².